The van der Waals surface area contributed by atoms with E-state index in [4.69, 9.17) is 28.9 Å². The van der Waals surface area contributed by atoms with Gasteiger partial charge in [0.05, 0.1) is 21.8 Å². The van der Waals surface area contributed by atoms with Crippen LogP contribution >= 0.6 is 23.2 Å². The van der Waals surface area contributed by atoms with E-state index in [0.29, 0.717) is 12.1 Å². The molecule has 0 aliphatic carbocycles. The van der Waals surface area contributed by atoms with Crippen LogP contribution in [-0.4, -0.2) is 24.4 Å². The number of nitrogen functional groups attached to an aromatic ring is 1. The summed E-state index contributed by atoms with van der Waals surface area (Å²) in [5.41, 5.74) is 6.14. The Morgan fingerprint density at radius 2 is 2.00 bits per heavy atom. The van der Waals surface area contributed by atoms with Gasteiger partial charge in [-0.15, -0.1) is 0 Å². The maximum absolute atomic E-state index is 11.9. The first-order chi connectivity index (χ1) is 8.47. The van der Waals surface area contributed by atoms with Gasteiger partial charge in [0.25, 0.3) is 5.91 Å². The van der Waals surface area contributed by atoms with Crippen molar-refractivity contribution >= 4 is 40.7 Å². The van der Waals surface area contributed by atoms with Crippen LogP contribution in [0.3, 0.4) is 0 Å². The van der Waals surface area contributed by atoms with E-state index < -0.39 is 0 Å². The topological polar surface area (TPSA) is 84.2 Å². The van der Waals surface area contributed by atoms with Crippen LogP contribution in [0.1, 0.15) is 16.8 Å². The summed E-state index contributed by atoms with van der Waals surface area (Å²) in [7, 11) is 0. The molecule has 1 unspecified atom stereocenters. The van der Waals surface area contributed by atoms with E-state index in [2.05, 4.69) is 10.6 Å². The van der Waals surface area contributed by atoms with E-state index in [1.165, 1.54) is 12.1 Å². The van der Waals surface area contributed by atoms with Crippen LogP contribution in [0.5, 0.6) is 0 Å². The average molecular weight is 288 g/mol. The number of benzene rings is 1. The standard InChI is InChI=1S/C11H11Cl2N3O2/c12-7-1-5(2-8(13)10(7)14)11(18)16-6-3-9(17)15-4-6/h1-2,6H,3-4,14H2,(H,15,17)(H,16,18). The Bertz CT molecular complexity index is 496. The van der Waals surface area contributed by atoms with Crippen molar-refractivity contribution in [1.29, 1.82) is 0 Å². The van der Waals surface area contributed by atoms with E-state index >= 15 is 0 Å². The van der Waals surface area contributed by atoms with Crippen LogP contribution in [0.4, 0.5) is 5.69 Å². The number of carbonyl (C=O) groups excluding carboxylic acids is 2. The molecule has 1 atom stereocenters. The van der Waals surface area contributed by atoms with E-state index in [1.54, 1.807) is 0 Å². The number of rotatable bonds is 2. The molecule has 0 saturated carbocycles. The summed E-state index contributed by atoms with van der Waals surface area (Å²) in [6.07, 6.45) is 0.280. The fourth-order valence-electron chi connectivity index (χ4n) is 1.69. The zero-order valence-electron chi connectivity index (χ0n) is 9.30. The molecule has 1 aromatic rings. The lowest BCUT2D eigenvalue weighted by Gasteiger charge is -2.11. The minimum absolute atomic E-state index is 0.0753. The fraction of sp³-hybridized carbons (Fsp3) is 0.273. The van der Waals surface area contributed by atoms with E-state index in [9.17, 15) is 9.59 Å². The predicted octanol–water partition coefficient (Wildman–Crippen LogP) is 1.19. The monoisotopic (exact) mass is 287 g/mol. The molecule has 1 aromatic carbocycles. The van der Waals surface area contributed by atoms with Crippen molar-refractivity contribution in [3.8, 4) is 0 Å². The number of hydrogen-bond acceptors (Lipinski definition) is 3. The van der Waals surface area contributed by atoms with Gasteiger partial charge in [-0.25, -0.2) is 0 Å². The van der Waals surface area contributed by atoms with Crippen LogP contribution < -0.4 is 16.4 Å². The smallest absolute Gasteiger partial charge is 0.251 e. The molecule has 0 bridgehead atoms. The molecule has 4 N–H and O–H groups in total. The molecule has 0 aromatic heterocycles. The first-order valence-electron chi connectivity index (χ1n) is 5.29. The van der Waals surface area contributed by atoms with E-state index in [-0.39, 0.29) is 40.0 Å². The second-order valence-corrected chi connectivity index (χ2v) is 4.85. The molecule has 1 saturated heterocycles. The average Bonchev–Trinajstić information content (AvgIpc) is 2.71. The molecule has 7 heteroatoms. The Morgan fingerprint density at radius 1 is 1.39 bits per heavy atom. The Kier molecular flexibility index (Phi) is 3.63. The molecule has 96 valence electrons. The van der Waals surface area contributed by atoms with Crippen molar-refractivity contribution in [2.75, 3.05) is 12.3 Å². The molecule has 1 aliphatic rings. The van der Waals surface area contributed by atoms with Crippen LogP contribution in [0.2, 0.25) is 10.0 Å². The summed E-state index contributed by atoms with van der Waals surface area (Å²) in [4.78, 5) is 22.9. The fourth-order valence-corrected chi connectivity index (χ4v) is 2.18. The SMILES string of the molecule is Nc1c(Cl)cc(C(=O)NC2CNC(=O)C2)cc1Cl. The summed E-state index contributed by atoms with van der Waals surface area (Å²) in [6.45, 7) is 0.432. The Morgan fingerprint density at radius 3 is 2.50 bits per heavy atom. The molecule has 1 aliphatic heterocycles. The summed E-state index contributed by atoms with van der Waals surface area (Å²) in [5, 5.41) is 5.81. The van der Waals surface area contributed by atoms with Crippen molar-refractivity contribution in [3.63, 3.8) is 0 Å². The highest BCUT2D eigenvalue weighted by Crippen LogP contribution is 2.28. The normalized spacial score (nSPS) is 18.6. The third-order valence-corrected chi connectivity index (χ3v) is 3.28. The van der Waals surface area contributed by atoms with Gasteiger partial charge in [-0.2, -0.15) is 0 Å². The van der Waals surface area contributed by atoms with Crippen molar-refractivity contribution in [2.45, 2.75) is 12.5 Å². The first kappa shape index (κ1) is 13.0. The number of hydrogen-bond donors (Lipinski definition) is 3. The number of amides is 2. The summed E-state index contributed by atoms with van der Waals surface area (Å²) < 4.78 is 0. The molecule has 5 nitrogen and oxygen atoms in total. The highest BCUT2D eigenvalue weighted by molar-refractivity contribution is 6.39. The van der Waals surface area contributed by atoms with E-state index in [0.717, 1.165) is 0 Å². The molecular weight excluding hydrogens is 277 g/mol. The quantitative estimate of drug-likeness (QED) is 0.715. The van der Waals surface area contributed by atoms with Crippen molar-refractivity contribution in [3.05, 3.63) is 27.7 Å². The lowest BCUT2D eigenvalue weighted by molar-refractivity contribution is -0.119. The minimum Gasteiger partial charge on any atom is -0.396 e. The lowest BCUT2D eigenvalue weighted by atomic mass is 10.1. The molecule has 1 heterocycles. The zero-order chi connectivity index (χ0) is 13.3. The highest BCUT2D eigenvalue weighted by Gasteiger charge is 2.23. The van der Waals surface area contributed by atoms with Gasteiger partial charge < -0.3 is 16.4 Å². The summed E-state index contributed by atoms with van der Waals surface area (Å²) in [6, 6.07) is 2.69. The molecule has 0 spiro atoms. The first-order valence-corrected chi connectivity index (χ1v) is 6.05. The summed E-state index contributed by atoms with van der Waals surface area (Å²) >= 11 is 11.7. The second-order valence-electron chi connectivity index (χ2n) is 4.03. The highest BCUT2D eigenvalue weighted by atomic mass is 35.5. The van der Waals surface area contributed by atoms with Crippen molar-refractivity contribution < 1.29 is 9.59 Å². The molecule has 2 amide bonds. The van der Waals surface area contributed by atoms with Gasteiger partial charge in [0.2, 0.25) is 5.91 Å². The number of carbonyl (C=O) groups is 2. The van der Waals surface area contributed by atoms with Crippen LogP contribution in [0, 0.1) is 0 Å². The predicted molar refractivity (Wildman–Crippen MR) is 69.8 cm³/mol. The van der Waals surface area contributed by atoms with Gasteiger partial charge in [0.15, 0.2) is 0 Å². The van der Waals surface area contributed by atoms with Gasteiger partial charge in [-0.05, 0) is 12.1 Å². The minimum atomic E-state index is -0.333. The van der Waals surface area contributed by atoms with Gasteiger partial charge in [-0.3, -0.25) is 9.59 Å². The maximum Gasteiger partial charge on any atom is 0.251 e. The van der Waals surface area contributed by atoms with Crippen LogP contribution in [0.25, 0.3) is 0 Å². The largest absolute Gasteiger partial charge is 0.396 e. The number of nitrogens with one attached hydrogen (secondary N) is 2. The number of nitrogens with two attached hydrogens (primary N) is 1. The molecule has 2 rings (SSSR count). The number of anilines is 1. The Labute approximate surface area is 114 Å². The Balaban J connectivity index is 2.12. The van der Waals surface area contributed by atoms with Crippen LogP contribution in [0.15, 0.2) is 12.1 Å². The van der Waals surface area contributed by atoms with E-state index in [1.807, 2.05) is 0 Å². The van der Waals surface area contributed by atoms with Gasteiger partial charge in [0.1, 0.15) is 0 Å². The van der Waals surface area contributed by atoms with Gasteiger partial charge in [-0.1, -0.05) is 23.2 Å². The lowest BCUT2D eigenvalue weighted by Crippen LogP contribution is -2.36. The third kappa shape index (κ3) is 2.68. The van der Waals surface area contributed by atoms with Gasteiger partial charge in [0, 0.05) is 18.5 Å². The molecular formula is C11H11Cl2N3O2. The Hall–Kier alpha value is -1.46. The third-order valence-electron chi connectivity index (χ3n) is 2.65. The van der Waals surface area contributed by atoms with Crippen LogP contribution in [-0.2, 0) is 4.79 Å². The summed E-state index contributed by atoms with van der Waals surface area (Å²) in [5.74, 6) is -0.408. The van der Waals surface area contributed by atoms with Crippen molar-refractivity contribution in [1.82, 2.24) is 10.6 Å². The molecule has 0 radical (unpaired) electrons. The second kappa shape index (κ2) is 5.04. The zero-order valence-corrected chi connectivity index (χ0v) is 10.8. The molecule has 18 heavy (non-hydrogen) atoms. The maximum atomic E-state index is 11.9. The molecule has 1 fully saturated rings. The van der Waals surface area contributed by atoms with Gasteiger partial charge >= 0.3 is 0 Å². The van der Waals surface area contributed by atoms with Crippen molar-refractivity contribution in [2.24, 2.45) is 0 Å². The number of halogens is 2.